The summed E-state index contributed by atoms with van der Waals surface area (Å²) < 4.78 is 4.67. The molecule has 1 amide bonds. The number of carbonyl (C=O) groups excluding carboxylic acids is 2. The van der Waals surface area contributed by atoms with E-state index in [1.807, 2.05) is 0 Å². The molecule has 0 saturated carbocycles. The summed E-state index contributed by atoms with van der Waals surface area (Å²) in [4.78, 5) is 26.7. The maximum absolute atomic E-state index is 12.1. The van der Waals surface area contributed by atoms with Crippen LogP contribution in [0.5, 0.6) is 0 Å². The van der Waals surface area contributed by atoms with Crippen LogP contribution in [0, 0.1) is 6.92 Å². The first kappa shape index (κ1) is 14.9. The number of methoxy groups -OCH3 is 1. The Kier molecular flexibility index (Phi) is 4.37. The molecule has 0 bridgehead atoms. The highest BCUT2D eigenvalue weighted by Gasteiger charge is 2.20. The van der Waals surface area contributed by atoms with Crippen molar-refractivity contribution in [2.45, 2.75) is 6.92 Å². The zero-order chi connectivity index (χ0) is 14.9. The third-order valence-electron chi connectivity index (χ3n) is 2.55. The Hall–Kier alpha value is -1.50. The van der Waals surface area contributed by atoms with Crippen LogP contribution in [-0.4, -0.2) is 24.0 Å². The molecule has 106 valence electrons. The van der Waals surface area contributed by atoms with Crippen LogP contribution in [-0.2, 0) is 4.74 Å². The van der Waals surface area contributed by atoms with Crippen molar-refractivity contribution >= 4 is 52.1 Å². The van der Waals surface area contributed by atoms with Crippen molar-refractivity contribution in [1.82, 2.24) is 4.98 Å². The normalized spacial score (nSPS) is 10.4. The van der Waals surface area contributed by atoms with Crippen LogP contribution in [0.4, 0.5) is 5.69 Å². The van der Waals surface area contributed by atoms with Gasteiger partial charge >= 0.3 is 5.97 Å². The van der Waals surface area contributed by atoms with E-state index in [4.69, 9.17) is 23.2 Å². The second kappa shape index (κ2) is 5.87. The highest BCUT2D eigenvalue weighted by Crippen LogP contribution is 2.29. The molecule has 0 unspecified atom stereocenters. The number of amides is 1. The van der Waals surface area contributed by atoms with Gasteiger partial charge in [0, 0.05) is 0 Å². The van der Waals surface area contributed by atoms with Gasteiger partial charge in [-0.15, -0.1) is 11.3 Å². The second-order valence-electron chi connectivity index (χ2n) is 3.91. The van der Waals surface area contributed by atoms with Gasteiger partial charge in [-0.2, -0.15) is 0 Å². The van der Waals surface area contributed by atoms with Crippen LogP contribution in [0.2, 0.25) is 10.2 Å². The molecule has 0 aromatic carbocycles. The van der Waals surface area contributed by atoms with Gasteiger partial charge < -0.3 is 15.0 Å². The number of hydrogen-bond donors (Lipinski definition) is 2. The molecule has 5 nitrogen and oxygen atoms in total. The molecule has 8 heteroatoms. The number of H-pyrrole nitrogens is 1. The molecular weight excluding hydrogens is 323 g/mol. The smallest absolute Gasteiger partial charge is 0.350 e. The van der Waals surface area contributed by atoms with Crippen LogP contribution >= 0.6 is 34.5 Å². The Bertz CT molecular complexity index is 659. The largest absolute Gasteiger partial charge is 0.465 e. The zero-order valence-electron chi connectivity index (χ0n) is 10.5. The number of nitrogens with one attached hydrogen (secondary N) is 2. The van der Waals surface area contributed by atoms with Crippen molar-refractivity contribution in [2.75, 3.05) is 12.4 Å². The number of rotatable bonds is 3. The van der Waals surface area contributed by atoms with Crippen molar-refractivity contribution in [3.8, 4) is 0 Å². The van der Waals surface area contributed by atoms with Gasteiger partial charge in [-0.3, -0.25) is 4.79 Å². The third-order valence-corrected chi connectivity index (χ3v) is 4.32. The van der Waals surface area contributed by atoms with Gasteiger partial charge in [-0.1, -0.05) is 23.2 Å². The molecule has 0 aliphatic heterocycles. The Morgan fingerprint density at radius 1 is 1.40 bits per heavy atom. The van der Waals surface area contributed by atoms with Crippen molar-refractivity contribution in [1.29, 1.82) is 0 Å². The quantitative estimate of drug-likeness (QED) is 0.841. The monoisotopic (exact) mass is 332 g/mol. The van der Waals surface area contributed by atoms with Gasteiger partial charge in [0.15, 0.2) is 0 Å². The molecule has 2 rings (SSSR count). The first-order chi connectivity index (χ1) is 9.43. The summed E-state index contributed by atoms with van der Waals surface area (Å²) in [6.07, 6.45) is 0. The number of thiophene rings is 1. The number of esters is 1. The van der Waals surface area contributed by atoms with E-state index in [1.165, 1.54) is 24.5 Å². The molecule has 2 heterocycles. The van der Waals surface area contributed by atoms with E-state index in [-0.39, 0.29) is 15.9 Å². The first-order valence-corrected chi connectivity index (χ1v) is 7.09. The summed E-state index contributed by atoms with van der Waals surface area (Å²) >= 11 is 12.7. The van der Waals surface area contributed by atoms with Crippen LogP contribution in [0.1, 0.15) is 25.7 Å². The number of aromatic nitrogens is 1. The predicted molar refractivity (Wildman–Crippen MR) is 79.2 cm³/mol. The average molecular weight is 333 g/mol. The number of anilines is 1. The van der Waals surface area contributed by atoms with Gasteiger partial charge in [0.2, 0.25) is 0 Å². The summed E-state index contributed by atoms with van der Waals surface area (Å²) in [6, 6.07) is 1.42. The third kappa shape index (κ3) is 2.82. The minimum Gasteiger partial charge on any atom is -0.465 e. The number of carbonyl (C=O) groups is 2. The van der Waals surface area contributed by atoms with Crippen molar-refractivity contribution in [3.63, 3.8) is 0 Å². The summed E-state index contributed by atoms with van der Waals surface area (Å²) in [5.41, 5.74) is 1.41. The number of hydrogen-bond acceptors (Lipinski definition) is 4. The lowest BCUT2D eigenvalue weighted by atomic mass is 10.2. The summed E-state index contributed by atoms with van der Waals surface area (Å²) in [7, 11) is 1.29. The van der Waals surface area contributed by atoms with Crippen LogP contribution in [0.25, 0.3) is 0 Å². The molecule has 20 heavy (non-hydrogen) atoms. The van der Waals surface area contributed by atoms with Gasteiger partial charge in [0.25, 0.3) is 5.91 Å². The highest BCUT2D eigenvalue weighted by molar-refractivity contribution is 7.12. The fourth-order valence-corrected chi connectivity index (χ4v) is 2.78. The number of ether oxygens (including phenoxy) is 1. The van der Waals surface area contributed by atoms with E-state index in [1.54, 1.807) is 12.3 Å². The average Bonchev–Trinajstić information content (AvgIpc) is 2.94. The summed E-state index contributed by atoms with van der Waals surface area (Å²) in [5, 5.41) is 4.86. The topological polar surface area (TPSA) is 71.2 Å². The Morgan fingerprint density at radius 2 is 2.10 bits per heavy atom. The van der Waals surface area contributed by atoms with E-state index in [9.17, 15) is 9.59 Å². The molecule has 0 atom stereocenters. The van der Waals surface area contributed by atoms with E-state index in [0.29, 0.717) is 10.6 Å². The minimum atomic E-state index is -0.499. The minimum absolute atomic E-state index is 0.187. The molecule has 0 spiro atoms. The molecule has 0 fully saturated rings. The molecule has 0 radical (unpaired) electrons. The standard InChI is InChI=1S/C12H10Cl2N2O3S/c1-5-4-20-9(12(18)19-2)8(5)16-11(17)7-3-6(13)10(14)15-7/h3-4,15H,1-2H3,(H,16,17). The van der Waals surface area contributed by atoms with Gasteiger partial charge in [0.05, 0.1) is 17.8 Å². The molecule has 2 aromatic rings. The number of aryl methyl sites for hydroxylation is 1. The van der Waals surface area contributed by atoms with Gasteiger partial charge in [-0.25, -0.2) is 4.79 Å². The molecule has 2 N–H and O–H groups in total. The highest BCUT2D eigenvalue weighted by atomic mass is 35.5. The van der Waals surface area contributed by atoms with E-state index in [0.717, 1.165) is 5.56 Å². The lowest BCUT2D eigenvalue weighted by molar-refractivity contribution is 0.0607. The second-order valence-corrected chi connectivity index (χ2v) is 5.58. The van der Waals surface area contributed by atoms with Crippen molar-refractivity contribution in [2.24, 2.45) is 0 Å². The lowest BCUT2D eigenvalue weighted by Crippen LogP contribution is -2.15. The van der Waals surface area contributed by atoms with Gasteiger partial charge in [0.1, 0.15) is 15.7 Å². The van der Waals surface area contributed by atoms with Gasteiger partial charge in [-0.05, 0) is 23.9 Å². The van der Waals surface area contributed by atoms with Crippen LogP contribution in [0.3, 0.4) is 0 Å². The van der Waals surface area contributed by atoms with E-state index in [2.05, 4.69) is 15.0 Å². The molecule has 0 aliphatic carbocycles. The Labute approximate surface area is 128 Å². The number of halogens is 2. The Morgan fingerprint density at radius 3 is 2.65 bits per heavy atom. The summed E-state index contributed by atoms with van der Waals surface area (Å²) in [5.74, 6) is -0.939. The molecule has 0 saturated heterocycles. The van der Waals surface area contributed by atoms with E-state index >= 15 is 0 Å². The fraction of sp³-hybridized carbons (Fsp3) is 0.167. The van der Waals surface area contributed by atoms with Crippen LogP contribution in [0.15, 0.2) is 11.4 Å². The van der Waals surface area contributed by atoms with Crippen molar-refractivity contribution < 1.29 is 14.3 Å². The van der Waals surface area contributed by atoms with E-state index < -0.39 is 11.9 Å². The predicted octanol–water partition coefficient (Wildman–Crippen LogP) is 3.73. The maximum Gasteiger partial charge on any atom is 0.350 e. The molecule has 2 aromatic heterocycles. The number of aromatic amines is 1. The maximum atomic E-state index is 12.1. The fourth-order valence-electron chi connectivity index (χ4n) is 1.55. The Balaban J connectivity index is 2.28. The zero-order valence-corrected chi connectivity index (χ0v) is 12.9. The summed E-state index contributed by atoms with van der Waals surface area (Å²) in [6.45, 7) is 1.78. The molecule has 0 aliphatic rings. The van der Waals surface area contributed by atoms with Crippen LogP contribution < -0.4 is 5.32 Å². The van der Waals surface area contributed by atoms with Crippen molar-refractivity contribution in [3.05, 3.63) is 37.8 Å². The lowest BCUT2D eigenvalue weighted by Gasteiger charge is -2.06. The first-order valence-electron chi connectivity index (χ1n) is 5.45. The SMILES string of the molecule is COC(=O)c1scc(C)c1NC(=O)c1cc(Cl)c(Cl)[nH]1. The molecular formula is C12H10Cl2N2O3S.